The number of anilines is 4. The van der Waals surface area contributed by atoms with Gasteiger partial charge in [-0.25, -0.2) is 4.98 Å². The molecule has 4 aromatic rings. The number of aliphatic hydroxyl groups is 1. The summed E-state index contributed by atoms with van der Waals surface area (Å²) in [4.78, 5) is 34.6. The number of carbonyl (C=O) groups is 1. The zero-order chi connectivity index (χ0) is 26.3. The lowest BCUT2D eigenvalue weighted by Gasteiger charge is -2.31. The van der Waals surface area contributed by atoms with E-state index in [0.717, 1.165) is 16.9 Å². The van der Waals surface area contributed by atoms with Crippen molar-refractivity contribution < 1.29 is 9.90 Å². The van der Waals surface area contributed by atoms with Crippen molar-refractivity contribution in [3.8, 4) is 11.3 Å². The second-order valence-corrected chi connectivity index (χ2v) is 9.36. The van der Waals surface area contributed by atoms with Gasteiger partial charge in [0.25, 0.3) is 11.5 Å². The molecule has 1 aliphatic rings. The number of H-pyrrole nitrogens is 1. The fourth-order valence-electron chi connectivity index (χ4n) is 4.64. The van der Waals surface area contributed by atoms with Crippen molar-refractivity contribution in [1.29, 1.82) is 0 Å². The molecule has 0 spiro atoms. The van der Waals surface area contributed by atoms with E-state index in [1.807, 2.05) is 56.3 Å². The number of rotatable bonds is 6. The van der Waals surface area contributed by atoms with Crippen molar-refractivity contribution in [2.45, 2.75) is 20.0 Å². The van der Waals surface area contributed by atoms with Gasteiger partial charge in [-0.1, -0.05) is 12.1 Å². The van der Waals surface area contributed by atoms with E-state index in [2.05, 4.69) is 26.6 Å². The molecule has 5 rings (SSSR count). The molecule has 3 N–H and O–H groups in total. The minimum Gasteiger partial charge on any atom is -0.392 e. The van der Waals surface area contributed by atoms with Gasteiger partial charge in [-0.2, -0.15) is 5.10 Å². The Hall–Kier alpha value is -4.44. The third-order valence-electron chi connectivity index (χ3n) is 6.59. The van der Waals surface area contributed by atoms with E-state index < -0.39 is 0 Å². The van der Waals surface area contributed by atoms with Crippen LogP contribution in [0.3, 0.4) is 0 Å². The summed E-state index contributed by atoms with van der Waals surface area (Å²) in [5, 5.41) is 20.4. The van der Waals surface area contributed by atoms with E-state index in [1.54, 1.807) is 24.2 Å². The summed E-state index contributed by atoms with van der Waals surface area (Å²) in [5.74, 6) is 0.480. The van der Waals surface area contributed by atoms with Crippen molar-refractivity contribution in [3.63, 3.8) is 0 Å². The summed E-state index contributed by atoms with van der Waals surface area (Å²) in [6.07, 6.45) is 2.32. The number of nitrogens with zero attached hydrogens (tertiary/aromatic N) is 5. The van der Waals surface area contributed by atoms with Gasteiger partial charge in [0, 0.05) is 68.0 Å². The van der Waals surface area contributed by atoms with Gasteiger partial charge in [-0.05, 0) is 43.2 Å². The zero-order valence-electron chi connectivity index (χ0n) is 21.2. The van der Waals surface area contributed by atoms with Crippen LogP contribution < -0.4 is 20.7 Å². The normalized spacial score (nSPS) is 13.0. The summed E-state index contributed by atoms with van der Waals surface area (Å²) in [6, 6.07) is 13.1. The minimum atomic E-state index is -0.314. The molecule has 0 radical (unpaired) electrons. The summed E-state index contributed by atoms with van der Waals surface area (Å²) in [7, 11) is 5.59. The third kappa shape index (κ3) is 4.47. The Balaban J connectivity index is 1.54. The van der Waals surface area contributed by atoms with Gasteiger partial charge in [0.05, 0.1) is 18.0 Å². The number of hydrogen-bond donors (Lipinski definition) is 3. The topological polar surface area (TPSA) is 119 Å². The highest BCUT2D eigenvalue weighted by Gasteiger charge is 2.28. The van der Waals surface area contributed by atoms with Crippen LogP contribution in [0, 0.1) is 6.92 Å². The average Bonchev–Trinajstić information content (AvgIpc) is 3.30. The molecule has 0 atom stereocenters. The molecule has 3 heterocycles. The quantitative estimate of drug-likeness (QED) is 0.373. The number of fused-ring (bicyclic) bond motifs is 1. The Morgan fingerprint density at radius 1 is 1.14 bits per heavy atom. The molecule has 2 aromatic heterocycles. The molecule has 37 heavy (non-hydrogen) atoms. The maximum absolute atomic E-state index is 13.5. The van der Waals surface area contributed by atoms with Gasteiger partial charge in [-0.3, -0.25) is 14.7 Å². The maximum atomic E-state index is 13.5. The molecule has 2 aromatic carbocycles. The molecule has 190 valence electrons. The van der Waals surface area contributed by atoms with Crippen LogP contribution in [0.4, 0.5) is 23.0 Å². The van der Waals surface area contributed by atoms with Gasteiger partial charge in [0.2, 0.25) is 0 Å². The first-order valence-corrected chi connectivity index (χ1v) is 12.0. The summed E-state index contributed by atoms with van der Waals surface area (Å²) >= 11 is 0. The fourth-order valence-corrected chi connectivity index (χ4v) is 4.64. The number of nitrogens with one attached hydrogen (secondary N) is 2. The lowest BCUT2D eigenvalue weighted by molar-refractivity contribution is 0.0980. The number of aryl methyl sites for hydroxylation is 2. The Morgan fingerprint density at radius 3 is 2.65 bits per heavy atom. The van der Waals surface area contributed by atoms with E-state index in [1.165, 1.54) is 4.57 Å². The molecular formula is C27H29N7O3. The lowest BCUT2D eigenvalue weighted by atomic mass is 9.95. The lowest BCUT2D eigenvalue weighted by Crippen LogP contribution is -2.38. The molecule has 10 heteroatoms. The van der Waals surface area contributed by atoms with E-state index in [4.69, 9.17) is 0 Å². The van der Waals surface area contributed by atoms with Crippen molar-refractivity contribution >= 4 is 28.9 Å². The standard InChI is InChI=1S/C27H29N7O3/c1-16-12-24(31-30-16)29-25-27(37)33(4)14-22(28-25)20-6-5-7-23(21(20)15-35)34-11-10-17-13-18(32(2)3)8-9-19(17)26(34)36/h5-9,12-14,35H,10-11,15H2,1-4H3,(H2,28,29,30,31). The Bertz CT molecular complexity index is 1550. The minimum absolute atomic E-state index is 0.108. The van der Waals surface area contributed by atoms with Crippen LogP contribution in [0.15, 0.2) is 53.5 Å². The predicted octanol–water partition coefficient (Wildman–Crippen LogP) is 2.98. The number of amides is 1. The zero-order valence-corrected chi connectivity index (χ0v) is 21.2. The highest BCUT2D eigenvalue weighted by Crippen LogP contribution is 2.34. The monoisotopic (exact) mass is 499 g/mol. The van der Waals surface area contributed by atoms with E-state index in [9.17, 15) is 14.7 Å². The highest BCUT2D eigenvalue weighted by molar-refractivity contribution is 6.09. The van der Waals surface area contributed by atoms with Crippen molar-refractivity contribution in [2.75, 3.05) is 35.8 Å². The SMILES string of the molecule is Cc1cc(Nc2nc(-c3cccc(N4CCc5cc(N(C)C)ccc5C4=O)c3CO)cn(C)c2=O)n[nH]1. The first-order chi connectivity index (χ1) is 17.8. The molecule has 0 bridgehead atoms. The van der Waals surface area contributed by atoms with Crippen LogP contribution in [0.5, 0.6) is 0 Å². The molecule has 0 unspecified atom stereocenters. The number of aromatic amines is 1. The number of carbonyl (C=O) groups excluding carboxylic acids is 1. The molecule has 0 aliphatic carbocycles. The third-order valence-corrected chi connectivity index (χ3v) is 6.59. The Morgan fingerprint density at radius 2 is 1.95 bits per heavy atom. The number of aromatic nitrogens is 4. The van der Waals surface area contributed by atoms with Gasteiger partial charge >= 0.3 is 0 Å². The van der Waals surface area contributed by atoms with Crippen molar-refractivity contribution in [3.05, 3.63) is 81.4 Å². The molecule has 10 nitrogen and oxygen atoms in total. The fraction of sp³-hybridized carbons (Fsp3) is 0.259. The second-order valence-electron chi connectivity index (χ2n) is 9.36. The smallest absolute Gasteiger partial charge is 0.293 e. The Labute approximate surface area is 214 Å². The molecule has 0 fully saturated rings. The van der Waals surface area contributed by atoms with Crippen LogP contribution in [0.1, 0.15) is 27.2 Å². The van der Waals surface area contributed by atoms with Gasteiger partial charge in [-0.15, -0.1) is 0 Å². The van der Waals surface area contributed by atoms with E-state index in [0.29, 0.717) is 46.9 Å². The van der Waals surface area contributed by atoms with Crippen LogP contribution in [0.2, 0.25) is 0 Å². The molecule has 0 saturated heterocycles. The molecule has 0 saturated carbocycles. The van der Waals surface area contributed by atoms with Crippen molar-refractivity contribution in [1.82, 2.24) is 19.7 Å². The average molecular weight is 500 g/mol. The first-order valence-electron chi connectivity index (χ1n) is 12.0. The van der Waals surface area contributed by atoms with Crippen LogP contribution in [-0.4, -0.2) is 51.4 Å². The highest BCUT2D eigenvalue weighted by atomic mass is 16.3. The largest absolute Gasteiger partial charge is 0.392 e. The first kappa shape index (κ1) is 24.3. The van der Waals surface area contributed by atoms with Crippen molar-refractivity contribution in [2.24, 2.45) is 7.05 Å². The number of aliphatic hydroxyl groups excluding tert-OH is 1. The Kier molecular flexibility index (Phi) is 6.26. The molecular weight excluding hydrogens is 470 g/mol. The van der Waals surface area contributed by atoms with Gasteiger partial charge < -0.3 is 24.8 Å². The van der Waals surface area contributed by atoms with Gasteiger partial charge in [0.1, 0.15) is 0 Å². The second kappa shape index (κ2) is 9.55. The van der Waals surface area contributed by atoms with Crippen LogP contribution >= 0.6 is 0 Å². The molecule has 1 amide bonds. The van der Waals surface area contributed by atoms with Crippen LogP contribution in [0.25, 0.3) is 11.3 Å². The summed E-state index contributed by atoms with van der Waals surface area (Å²) in [5.41, 5.74) is 5.57. The maximum Gasteiger partial charge on any atom is 0.293 e. The van der Waals surface area contributed by atoms with E-state index in [-0.39, 0.29) is 23.9 Å². The molecule has 1 aliphatic heterocycles. The number of benzene rings is 2. The number of hydrogen-bond acceptors (Lipinski definition) is 7. The predicted molar refractivity (Wildman–Crippen MR) is 144 cm³/mol. The van der Waals surface area contributed by atoms with E-state index >= 15 is 0 Å². The van der Waals surface area contributed by atoms with Gasteiger partial charge in [0.15, 0.2) is 11.6 Å². The summed E-state index contributed by atoms with van der Waals surface area (Å²) in [6.45, 7) is 2.05. The van der Waals surface area contributed by atoms with Crippen LogP contribution in [-0.2, 0) is 20.1 Å². The summed E-state index contributed by atoms with van der Waals surface area (Å²) < 4.78 is 1.43.